The summed E-state index contributed by atoms with van der Waals surface area (Å²) in [6.07, 6.45) is 5.67. The molecular formula is C20H24N4O2S2. The lowest BCUT2D eigenvalue weighted by Gasteiger charge is -2.26. The second kappa shape index (κ2) is 8.61. The molecule has 1 saturated carbocycles. The molecule has 8 heteroatoms. The molecule has 2 amide bonds. The molecule has 6 nitrogen and oxygen atoms in total. The van der Waals surface area contributed by atoms with E-state index < -0.39 is 0 Å². The first-order valence-corrected chi connectivity index (χ1v) is 11.6. The molecule has 0 bridgehead atoms. The number of thioether (sulfide) groups is 1. The van der Waals surface area contributed by atoms with Crippen LogP contribution in [0.4, 0.5) is 5.13 Å². The third kappa shape index (κ3) is 4.38. The van der Waals surface area contributed by atoms with E-state index in [0.717, 1.165) is 36.4 Å². The van der Waals surface area contributed by atoms with E-state index in [1.54, 1.807) is 4.90 Å². The second-order valence-corrected chi connectivity index (χ2v) is 9.38. The quantitative estimate of drug-likeness (QED) is 0.550. The molecule has 28 heavy (non-hydrogen) atoms. The van der Waals surface area contributed by atoms with E-state index in [0.29, 0.717) is 17.3 Å². The number of aromatic nitrogens is 2. The van der Waals surface area contributed by atoms with Gasteiger partial charge in [0, 0.05) is 12.5 Å². The molecule has 2 aliphatic rings. The van der Waals surface area contributed by atoms with Crippen LogP contribution in [0.5, 0.6) is 0 Å². The van der Waals surface area contributed by atoms with Crippen LogP contribution >= 0.6 is 23.1 Å². The highest BCUT2D eigenvalue weighted by atomic mass is 32.2. The number of amides is 2. The Morgan fingerprint density at radius 3 is 2.86 bits per heavy atom. The minimum absolute atomic E-state index is 0.00661. The Bertz CT molecular complexity index is 865. The van der Waals surface area contributed by atoms with E-state index in [4.69, 9.17) is 0 Å². The number of benzene rings is 1. The summed E-state index contributed by atoms with van der Waals surface area (Å²) in [5.41, 5.74) is 2.57. The van der Waals surface area contributed by atoms with Gasteiger partial charge in [0.05, 0.1) is 11.8 Å². The molecule has 4 rings (SSSR count). The smallest absolute Gasteiger partial charge is 0.230 e. The van der Waals surface area contributed by atoms with Crippen LogP contribution < -0.4 is 10.2 Å². The largest absolute Gasteiger partial charge is 0.349 e. The fourth-order valence-corrected chi connectivity index (χ4v) is 5.34. The summed E-state index contributed by atoms with van der Waals surface area (Å²) in [5.74, 6) is 0.398. The van der Waals surface area contributed by atoms with Crippen LogP contribution in [0.25, 0.3) is 0 Å². The fraction of sp³-hybridized carbons (Fsp3) is 0.500. The van der Waals surface area contributed by atoms with Crippen LogP contribution in [0.1, 0.15) is 56.2 Å². The maximum atomic E-state index is 12.5. The van der Waals surface area contributed by atoms with E-state index in [1.165, 1.54) is 34.2 Å². The molecular weight excluding hydrogens is 392 g/mol. The Kier molecular flexibility index (Phi) is 5.96. The van der Waals surface area contributed by atoms with Crippen molar-refractivity contribution in [2.75, 3.05) is 10.7 Å². The van der Waals surface area contributed by atoms with Crippen molar-refractivity contribution in [2.24, 2.45) is 0 Å². The van der Waals surface area contributed by atoms with Gasteiger partial charge in [0.2, 0.25) is 16.9 Å². The van der Waals surface area contributed by atoms with Crippen molar-refractivity contribution in [2.45, 2.75) is 61.9 Å². The molecule has 1 aromatic carbocycles. The third-order valence-electron chi connectivity index (χ3n) is 5.12. The summed E-state index contributed by atoms with van der Waals surface area (Å²) < 4.78 is 0.726. The van der Waals surface area contributed by atoms with Crippen LogP contribution in [-0.4, -0.2) is 33.8 Å². The van der Waals surface area contributed by atoms with E-state index in [-0.39, 0.29) is 23.9 Å². The molecule has 0 radical (unpaired) electrons. The Morgan fingerprint density at radius 1 is 1.25 bits per heavy atom. The van der Waals surface area contributed by atoms with Gasteiger partial charge in [-0.05, 0) is 43.2 Å². The van der Waals surface area contributed by atoms with Gasteiger partial charge in [-0.25, -0.2) is 0 Å². The number of nitrogens with zero attached hydrogens (tertiary/aromatic N) is 3. The standard InChI is InChI=1S/C20H24N4O2S2/c1-2-18(26)24(14-10-11-14)19-22-23-20(28-19)27-12-17(25)21-16-9-5-7-13-6-3-4-8-15(13)16/h3-4,6,8,14,16H,2,5,7,9-12H2,1H3,(H,21,25)/t16-/m0/s1. The molecule has 148 valence electrons. The number of fused-ring (bicyclic) bond motifs is 1. The lowest BCUT2D eigenvalue weighted by atomic mass is 9.88. The van der Waals surface area contributed by atoms with Gasteiger partial charge in [0.1, 0.15) is 0 Å². The first-order valence-electron chi connectivity index (χ1n) is 9.81. The molecule has 1 aromatic heterocycles. The van der Waals surface area contributed by atoms with Crippen molar-refractivity contribution < 1.29 is 9.59 Å². The third-order valence-corrected chi connectivity index (χ3v) is 7.17. The normalized spacial score (nSPS) is 18.4. The van der Waals surface area contributed by atoms with Gasteiger partial charge in [-0.2, -0.15) is 0 Å². The van der Waals surface area contributed by atoms with Crippen LogP contribution in [0, 0.1) is 0 Å². The van der Waals surface area contributed by atoms with Gasteiger partial charge in [0.25, 0.3) is 0 Å². The van der Waals surface area contributed by atoms with Gasteiger partial charge in [-0.1, -0.05) is 54.3 Å². The van der Waals surface area contributed by atoms with Crippen molar-refractivity contribution >= 4 is 40.0 Å². The number of rotatable bonds is 7. The molecule has 0 saturated heterocycles. The van der Waals surface area contributed by atoms with Gasteiger partial charge < -0.3 is 5.32 Å². The van der Waals surface area contributed by atoms with Gasteiger partial charge in [0.15, 0.2) is 4.34 Å². The Labute approximate surface area is 173 Å². The van der Waals surface area contributed by atoms with Gasteiger partial charge in [-0.3, -0.25) is 14.5 Å². The first-order chi connectivity index (χ1) is 13.7. The molecule has 0 unspecified atom stereocenters. The summed E-state index contributed by atoms with van der Waals surface area (Å²) >= 11 is 2.78. The fourth-order valence-electron chi connectivity index (χ4n) is 3.59. The van der Waals surface area contributed by atoms with E-state index in [9.17, 15) is 9.59 Å². The minimum atomic E-state index is 0.00661. The minimum Gasteiger partial charge on any atom is -0.349 e. The molecule has 1 atom stereocenters. The summed E-state index contributed by atoms with van der Waals surface area (Å²) in [6.45, 7) is 1.86. The van der Waals surface area contributed by atoms with Crippen molar-refractivity contribution in [1.29, 1.82) is 0 Å². The number of anilines is 1. The summed E-state index contributed by atoms with van der Waals surface area (Å²) in [5, 5.41) is 12.2. The molecule has 2 aliphatic carbocycles. The SMILES string of the molecule is CCC(=O)N(c1nnc(SCC(=O)N[C@H]2CCCc3ccccc32)s1)C1CC1. The Balaban J connectivity index is 1.33. The zero-order valence-corrected chi connectivity index (χ0v) is 17.5. The van der Waals surface area contributed by atoms with Crippen molar-refractivity contribution in [3.8, 4) is 0 Å². The molecule has 1 heterocycles. The highest BCUT2D eigenvalue weighted by molar-refractivity contribution is 8.01. The maximum Gasteiger partial charge on any atom is 0.230 e. The topological polar surface area (TPSA) is 75.2 Å². The van der Waals surface area contributed by atoms with Gasteiger partial charge >= 0.3 is 0 Å². The van der Waals surface area contributed by atoms with E-state index in [2.05, 4.69) is 33.7 Å². The lowest BCUT2D eigenvalue weighted by Crippen LogP contribution is -2.32. The molecule has 0 spiro atoms. The number of aryl methyl sites for hydroxylation is 1. The van der Waals surface area contributed by atoms with Crippen LogP contribution in [0.2, 0.25) is 0 Å². The number of nitrogens with one attached hydrogen (secondary N) is 1. The number of hydrogen-bond acceptors (Lipinski definition) is 6. The van der Waals surface area contributed by atoms with Crippen LogP contribution in [0.3, 0.4) is 0 Å². The Hall–Kier alpha value is -1.93. The molecule has 1 N–H and O–H groups in total. The predicted molar refractivity (Wildman–Crippen MR) is 112 cm³/mol. The van der Waals surface area contributed by atoms with Crippen molar-refractivity contribution in [3.05, 3.63) is 35.4 Å². The van der Waals surface area contributed by atoms with Gasteiger partial charge in [-0.15, -0.1) is 10.2 Å². The Morgan fingerprint density at radius 2 is 2.07 bits per heavy atom. The average Bonchev–Trinajstić information content (AvgIpc) is 3.44. The zero-order chi connectivity index (χ0) is 19.5. The number of hydrogen-bond donors (Lipinski definition) is 1. The highest BCUT2D eigenvalue weighted by Gasteiger charge is 2.35. The summed E-state index contributed by atoms with van der Waals surface area (Å²) in [7, 11) is 0. The van der Waals surface area contributed by atoms with Crippen LogP contribution in [-0.2, 0) is 16.0 Å². The molecule has 0 aliphatic heterocycles. The van der Waals surface area contributed by atoms with Crippen molar-refractivity contribution in [3.63, 3.8) is 0 Å². The zero-order valence-electron chi connectivity index (χ0n) is 15.9. The second-order valence-electron chi connectivity index (χ2n) is 7.20. The summed E-state index contributed by atoms with van der Waals surface area (Å²) in [4.78, 5) is 26.4. The molecule has 2 aromatic rings. The van der Waals surface area contributed by atoms with Crippen LogP contribution in [0.15, 0.2) is 28.6 Å². The van der Waals surface area contributed by atoms with E-state index in [1.807, 2.05) is 13.0 Å². The predicted octanol–water partition coefficient (Wildman–Crippen LogP) is 3.73. The monoisotopic (exact) mass is 416 g/mol. The van der Waals surface area contributed by atoms with Crippen molar-refractivity contribution in [1.82, 2.24) is 15.5 Å². The van der Waals surface area contributed by atoms with E-state index >= 15 is 0 Å². The lowest BCUT2D eigenvalue weighted by molar-refractivity contribution is -0.119. The number of carbonyl (C=O) groups is 2. The summed E-state index contributed by atoms with van der Waals surface area (Å²) in [6, 6.07) is 8.71. The number of carbonyl (C=O) groups excluding carboxylic acids is 2. The molecule has 1 fully saturated rings. The maximum absolute atomic E-state index is 12.5. The average molecular weight is 417 g/mol. The first kappa shape index (κ1) is 19.4. The highest BCUT2D eigenvalue weighted by Crippen LogP contribution is 2.36.